The number of urea groups is 1. The summed E-state index contributed by atoms with van der Waals surface area (Å²) in [6.07, 6.45) is 4.57. The summed E-state index contributed by atoms with van der Waals surface area (Å²) in [7, 11) is 0. The molecule has 2 amide bonds. The lowest BCUT2D eigenvalue weighted by Gasteiger charge is -2.24. The molecule has 2 rings (SSSR count). The van der Waals surface area contributed by atoms with E-state index in [1.54, 1.807) is 6.92 Å². The fourth-order valence-corrected chi connectivity index (χ4v) is 3.12. The molecule has 0 aromatic carbocycles. The van der Waals surface area contributed by atoms with Gasteiger partial charge in [-0.2, -0.15) is 0 Å². The van der Waals surface area contributed by atoms with Crippen molar-refractivity contribution in [3.63, 3.8) is 0 Å². The predicted octanol–water partition coefficient (Wildman–Crippen LogP) is 2.40. The van der Waals surface area contributed by atoms with Crippen LogP contribution in [0.1, 0.15) is 43.7 Å². The Hall–Kier alpha value is -1.63. The molecule has 0 saturated heterocycles. The maximum atomic E-state index is 11.9. The van der Waals surface area contributed by atoms with Crippen LogP contribution in [0, 0.1) is 0 Å². The zero-order valence-corrected chi connectivity index (χ0v) is 12.5. The van der Waals surface area contributed by atoms with Crippen LogP contribution in [0.3, 0.4) is 0 Å². The minimum absolute atomic E-state index is 0.310. The number of aromatic nitrogens is 1. The van der Waals surface area contributed by atoms with Crippen LogP contribution < -0.4 is 10.6 Å². The molecule has 7 heteroatoms. The van der Waals surface area contributed by atoms with E-state index in [2.05, 4.69) is 15.6 Å². The van der Waals surface area contributed by atoms with Gasteiger partial charge in [0, 0.05) is 4.88 Å². The number of thiazole rings is 1. The van der Waals surface area contributed by atoms with Gasteiger partial charge < -0.3 is 10.4 Å². The molecule has 0 radical (unpaired) electrons. The number of carboxylic acids is 1. The summed E-state index contributed by atoms with van der Waals surface area (Å²) in [5, 5.41) is 14.8. The van der Waals surface area contributed by atoms with E-state index < -0.39 is 17.5 Å². The van der Waals surface area contributed by atoms with Crippen molar-refractivity contribution in [3.05, 3.63) is 10.6 Å². The third-order valence-electron chi connectivity index (χ3n) is 3.63. The second-order valence-corrected chi connectivity index (χ2v) is 6.25. The fourth-order valence-electron chi connectivity index (χ4n) is 2.08. The van der Waals surface area contributed by atoms with Gasteiger partial charge in [0.1, 0.15) is 5.54 Å². The molecule has 1 aliphatic carbocycles. The van der Waals surface area contributed by atoms with Crippen LogP contribution in [-0.2, 0) is 17.6 Å². The molecule has 0 spiro atoms. The zero-order chi connectivity index (χ0) is 14.8. The number of hydrogen-bond acceptors (Lipinski definition) is 4. The quantitative estimate of drug-likeness (QED) is 0.795. The van der Waals surface area contributed by atoms with Crippen LogP contribution in [0.5, 0.6) is 0 Å². The van der Waals surface area contributed by atoms with E-state index in [0.29, 0.717) is 11.6 Å². The van der Waals surface area contributed by atoms with Crippen molar-refractivity contribution in [2.75, 3.05) is 5.32 Å². The lowest BCUT2D eigenvalue weighted by Crippen LogP contribution is -2.53. The van der Waals surface area contributed by atoms with Gasteiger partial charge >= 0.3 is 12.0 Å². The molecule has 1 aromatic heterocycles. The number of nitrogens with one attached hydrogen (secondary N) is 2. The van der Waals surface area contributed by atoms with Crippen LogP contribution in [0.25, 0.3) is 0 Å². The number of carbonyl (C=O) groups excluding carboxylic acids is 1. The van der Waals surface area contributed by atoms with E-state index in [1.807, 2.05) is 0 Å². The highest BCUT2D eigenvalue weighted by atomic mass is 32.1. The topological polar surface area (TPSA) is 91.3 Å². The van der Waals surface area contributed by atoms with Crippen molar-refractivity contribution in [1.29, 1.82) is 0 Å². The number of fused-ring (bicyclic) bond motifs is 1. The highest BCUT2D eigenvalue weighted by Gasteiger charge is 2.33. The molecule has 1 unspecified atom stereocenters. The van der Waals surface area contributed by atoms with Gasteiger partial charge in [0.25, 0.3) is 0 Å². The largest absolute Gasteiger partial charge is 0.480 e. The van der Waals surface area contributed by atoms with Crippen molar-refractivity contribution in [1.82, 2.24) is 10.3 Å². The molecule has 0 saturated carbocycles. The number of anilines is 1. The third-order valence-corrected chi connectivity index (χ3v) is 4.71. The van der Waals surface area contributed by atoms with Gasteiger partial charge in [-0.1, -0.05) is 6.92 Å². The van der Waals surface area contributed by atoms with Crippen molar-refractivity contribution in [2.24, 2.45) is 0 Å². The van der Waals surface area contributed by atoms with Crippen molar-refractivity contribution >= 4 is 28.5 Å². The normalized spacial score (nSPS) is 16.9. The lowest BCUT2D eigenvalue weighted by molar-refractivity contribution is -0.143. The van der Waals surface area contributed by atoms with Gasteiger partial charge in [0.05, 0.1) is 5.69 Å². The summed E-state index contributed by atoms with van der Waals surface area (Å²) in [5.41, 5.74) is -0.200. The minimum atomic E-state index is -1.26. The first-order valence-corrected chi connectivity index (χ1v) is 7.57. The third kappa shape index (κ3) is 3.09. The molecule has 1 aliphatic rings. The molecular weight excluding hydrogens is 278 g/mol. The maximum absolute atomic E-state index is 11.9. The molecule has 20 heavy (non-hydrogen) atoms. The number of amides is 2. The molecule has 3 N–H and O–H groups in total. The van der Waals surface area contributed by atoms with Gasteiger partial charge in [-0.15, -0.1) is 11.3 Å². The Balaban J connectivity index is 2.01. The number of carboxylic acid groups (broad SMARTS) is 1. The van der Waals surface area contributed by atoms with Crippen LogP contribution in [0.15, 0.2) is 0 Å². The van der Waals surface area contributed by atoms with E-state index >= 15 is 0 Å². The summed E-state index contributed by atoms with van der Waals surface area (Å²) in [4.78, 5) is 28.6. The van der Waals surface area contributed by atoms with Crippen LogP contribution in [0.4, 0.5) is 9.93 Å². The van der Waals surface area contributed by atoms with Crippen molar-refractivity contribution in [3.8, 4) is 0 Å². The molecule has 6 nitrogen and oxygen atoms in total. The second kappa shape index (κ2) is 5.78. The average molecular weight is 297 g/mol. The number of aryl methyl sites for hydroxylation is 2. The van der Waals surface area contributed by atoms with Gasteiger partial charge in [-0.25, -0.2) is 14.6 Å². The Morgan fingerprint density at radius 3 is 2.70 bits per heavy atom. The lowest BCUT2D eigenvalue weighted by atomic mass is 10.00. The maximum Gasteiger partial charge on any atom is 0.329 e. The number of carbonyl (C=O) groups is 2. The Morgan fingerprint density at radius 2 is 2.10 bits per heavy atom. The van der Waals surface area contributed by atoms with Gasteiger partial charge in [-0.05, 0) is 39.0 Å². The number of rotatable bonds is 4. The summed E-state index contributed by atoms with van der Waals surface area (Å²) in [5.74, 6) is -1.05. The number of nitrogens with zero attached hydrogens (tertiary/aromatic N) is 1. The van der Waals surface area contributed by atoms with Crippen LogP contribution >= 0.6 is 11.3 Å². The predicted molar refractivity (Wildman–Crippen MR) is 77.2 cm³/mol. The highest BCUT2D eigenvalue weighted by Crippen LogP contribution is 2.29. The molecule has 1 heterocycles. The van der Waals surface area contributed by atoms with Crippen molar-refractivity contribution < 1.29 is 14.7 Å². The van der Waals surface area contributed by atoms with Gasteiger partial charge in [-0.3, -0.25) is 5.32 Å². The first kappa shape index (κ1) is 14.8. The molecule has 1 aromatic rings. The Morgan fingerprint density at radius 1 is 1.40 bits per heavy atom. The monoisotopic (exact) mass is 297 g/mol. The van der Waals surface area contributed by atoms with E-state index in [9.17, 15) is 9.59 Å². The fraction of sp³-hybridized carbons (Fsp3) is 0.615. The molecule has 0 aliphatic heterocycles. The van der Waals surface area contributed by atoms with E-state index in [1.165, 1.54) is 23.1 Å². The van der Waals surface area contributed by atoms with Crippen LogP contribution in [-0.4, -0.2) is 27.6 Å². The summed E-state index contributed by atoms with van der Waals surface area (Å²) in [6.45, 7) is 3.21. The van der Waals surface area contributed by atoms with Gasteiger partial charge in [0.2, 0.25) is 0 Å². The number of aliphatic carboxylic acids is 1. The Kier molecular flexibility index (Phi) is 4.27. The van der Waals surface area contributed by atoms with Crippen molar-refractivity contribution in [2.45, 2.75) is 51.5 Å². The first-order chi connectivity index (χ1) is 9.44. The van der Waals surface area contributed by atoms with E-state index in [-0.39, 0.29) is 0 Å². The molecule has 110 valence electrons. The molecule has 0 bridgehead atoms. The Bertz CT molecular complexity index is 505. The smallest absolute Gasteiger partial charge is 0.329 e. The average Bonchev–Trinajstić information content (AvgIpc) is 2.79. The second-order valence-electron chi connectivity index (χ2n) is 5.17. The molecular formula is C13H19N3O3S. The number of hydrogen-bond donors (Lipinski definition) is 3. The Labute approximate surface area is 121 Å². The molecule has 0 fully saturated rings. The standard InChI is InChI=1S/C13H19N3O3S/c1-3-13(2,10(17)18)16-11(19)15-12-14-8-6-4-5-7-9(8)20-12/h3-7H2,1-2H3,(H,17,18)(H2,14,15,16,19). The van der Waals surface area contributed by atoms with E-state index in [0.717, 1.165) is 31.4 Å². The SMILES string of the molecule is CCC(C)(NC(=O)Nc1nc2c(s1)CCCC2)C(=O)O. The van der Waals surface area contributed by atoms with Gasteiger partial charge in [0.15, 0.2) is 5.13 Å². The summed E-state index contributed by atoms with van der Waals surface area (Å²) < 4.78 is 0. The summed E-state index contributed by atoms with van der Waals surface area (Å²) >= 11 is 1.48. The highest BCUT2D eigenvalue weighted by molar-refractivity contribution is 7.15. The zero-order valence-electron chi connectivity index (χ0n) is 11.7. The first-order valence-electron chi connectivity index (χ1n) is 6.76. The van der Waals surface area contributed by atoms with E-state index in [4.69, 9.17) is 5.11 Å². The minimum Gasteiger partial charge on any atom is -0.480 e. The molecule has 1 atom stereocenters. The summed E-state index contributed by atoms with van der Waals surface area (Å²) in [6, 6.07) is -0.525. The van der Waals surface area contributed by atoms with Crippen LogP contribution in [0.2, 0.25) is 0 Å².